The number of rotatable bonds is 4. The van der Waals surface area contributed by atoms with Gasteiger partial charge in [0.2, 0.25) is 0 Å². The van der Waals surface area contributed by atoms with Gasteiger partial charge in [0.25, 0.3) is 5.91 Å². The van der Waals surface area contributed by atoms with Gasteiger partial charge in [-0.15, -0.1) is 0 Å². The fourth-order valence-corrected chi connectivity index (χ4v) is 1.79. The van der Waals surface area contributed by atoms with Crippen LogP contribution in [0.25, 0.3) is 11.3 Å². The third kappa shape index (κ3) is 2.45. The van der Waals surface area contributed by atoms with E-state index in [1.807, 2.05) is 0 Å². The van der Waals surface area contributed by atoms with Crippen LogP contribution in [0.2, 0.25) is 5.02 Å². The maximum Gasteiger partial charge on any atom is 0.271 e. The number of primary amides is 1. The Morgan fingerprint density at radius 2 is 2.26 bits per heavy atom. The summed E-state index contributed by atoms with van der Waals surface area (Å²) in [5.41, 5.74) is 5.89. The zero-order valence-electron chi connectivity index (χ0n) is 9.98. The third-order valence-corrected chi connectivity index (χ3v) is 2.67. The van der Waals surface area contributed by atoms with Crippen LogP contribution in [-0.2, 0) is 0 Å². The molecule has 1 aromatic carbocycles. The molecule has 100 valence electrons. The minimum absolute atomic E-state index is 0.01000. The second kappa shape index (κ2) is 5.15. The van der Waals surface area contributed by atoms with E-state index in [1.54, 1.807) is 6.92 Å². The Bertz CT molecular complexity index is 626. The monoisotopic (exact) mass is 282 g/mol. The highest BCUT2D eigenvalue weighted by atomic mass is 35.5. The number of amides is 1. The Labute approximate surface area is 113 Å². The molecule has 19 heavy (non-hydrogen) atoms. The first-order valence-corrected chi connectivity index (χ1v) is 5.78. The molecule has 8 heteroatoms. The molecule has 4 N–H and O–H groups in total. The number of aromatic nitrogens is 3. The normalized spacial score (nSPS) is 10.4. The first-order chi connectivity index (χ1) is 9.04. The number of hydrogen-bond acceptors (Lipinski definition) is 5. The van der Waals surface area contributed by atoms with Gasteiger partial charge in [-0.3, -0.25) is 4.79 Å². The van der Waals surface area contributed by atoms with Crippen molar-refractivity contribution < 1.29 is 14.6 Å². The maximum absolute atomic E-state index is 11.2. The van der Waals surface area contributed by atoms with Gasteiger partial charge < -0.3 is 15.6 Å². The van der Waals surface area contributed by atoms with Gasteiger partial charge in [0.05, 0.1) is 11.6 Å². The van der Waals surface area contributed by atoms with Gasteiger partial charge in [-0.25, -0.2) is 0 Å². The molecule has 0 fully saturated rings. The average Bonchev–Trinajstić information content (AvgIpc) is 2.84. The van der Waals surface area contributed by atoms with Crippen LogP contribution in [-0.4, -0.2) is 33.0 Å². The van der Waals surface area contributed by atoms with E-state index in [0.717, 1.165) is 0 Å². The van der Waals surface area contributed by atoms with Crippen LogP contribution >= 0.6 is 11.6 Å². The van der Waals surface area contributed by atoms with Crippen molar-refractivity contribution in [1.29, 1.82) is 0 Å². The number of nitrogens with one attached hydrogen (secondary N) is 1. The molecular weight excluding hydrogens is 272 g/mol. The SMILES string of the molecule is CCOc1cc(-c2n[nH]nc2C(N)=O)cc(Cl)c1O. The van der Waals surface area contributed by atoms with Crippen molar-refractivity contribution in [3.63, 3.8) is 0 Å². The molecule has 0 aliphatic carbocycles. The number of carbonyl (C=O) groups excluding carboxylic acids is 1. The van der Waals surface area contributed by atoms with E-state index in [0.29, 0.717) is 12.2 Å². The lowest BCUT2D eigenvalue weighted by Crippen LogP contribution is -2.12. The van der Waals surface area contributed by atoms with Crippen LogP contribution in [0.5, 0.6) is 11.5 Å². The number of aromatic hydroxyl groups is 1. The van der Waals surface area contributed by atoms with Crippen LogP contribution in [0.15, 0.2) is 12.1 Å². The van der Waals surface area contributed by atoms with Crippen molar-refractivity contribution in [1.82, 2.24) is 15.4 Å². The topological polar surface area (TPSA) is 114 Å². The predicted molar refractivity (Wildman–Crippen MR) is 68.2 cm³/mol. The van der Waals surface area contributed by atoms with E-state index >= 15 is 0 Å². The van der Waals surface area contributed by atoms with Crippen molar-refractivity contribution >= 4 is 17.5 Å². The molecule has 0 atom stereocenters. The zero-order valence-corrected chi connectivity index (χ0v) is 10.7. The quantitative estimate of drug-likeness (QED) is 0.782. The molecule has 2 rings (SSSR count). The van der Waals surface area contributed by atoms with E-state index in [2.05, 4.69) is 15.4 Å². The number of halogens is 1. The fraction of sp³-hybridized carbons (Fsp3) is 0.182. The van der Waals surface area contributed by atoms with E-state index in [1.165, 1.54) is 12.1 Å². The summed E-state index contributed by atoms with van der Waals surface area (Å²) in [5.74, 6) is -0.689. The predicted octanol–water partition coefficient (Wildman–Crippen LogP) is 1.33. The Balaban J connectivity index is 2.56. The second-order valence-electron chi connectivity index (χ2n) is 3.62. The molecular formula is C11H11ClN4O3. The van der Waals surface area contributed by atoms with Gasteiger partial charge in [-0.05, 0) is 19.1 Å². The molecule has 2 aromatic rings. The minimum atomic E-state index is -0.717. The lowest BCUT2D eigenvalue weighted by molar-refractivity contribution is 0.0996. The third-order valence-electron chi connectivity index (χ3n) is 2.38. The van der Waals surface area contributed by atoms with Crippen LogP contribution < -0.4 is 10.5 Å². The van der Waals surface area contributed by atoms with Crippen LogP contribution in [0, 0.1) is 0 Å². The maximum atomic E-state index is 11.2. The lowest BCUT2D eigenvalue weighted by atomic mass is 10.1. The molecule has 0 radical (unpaired) electrons. The average molecular weight is 283 g/mol. The second-order valence-corrected chi connectivity index (χ2v) is 4.03. The van der Waals surface area contributed by atoms with E-state index in [9.17, 15) is 9.90 Å². The van der Waals surface area contributed by atoms with E-state index < -0.39 is 5.91 Å². The molecule has 7 nitrogen and oxygen atoms in total. The highest BCUT2D eigenvalue weighted by Crippen LogP contribution is 2.38. The van der Waals surface area contributed by atoms with Crippen molar-refractivity contribution in [2.24, 2.45) is 5.73 Å². The standard InChI is InChI=1S/C11H11ClN4O3/c1-2-19-7-4-5(3-6(12)10(7)17)8-9(11(13)18)15-16-14-8/h3-4,17H,2H2,1H3,(H2,13,18)(H,14,15,16). The molecule has 0 spiro atoms. The largest absolute Gasteiger partial charge is 0.503 e. The van der Waals surface area contributed by atoms with Crippen LogP contribution in [0.4, 0.5) is 0 Å². The molecule has 0 saturated carbocycles. The molecule has 1 heterocycles. The minimum Gasteiger partial charge on any atom is -0.503 e. The van der Waals surface area contributed by atoms with Crippen molar-refractivity contribution in [2.45, 2.75) is 6.92 Å². The summed E-state index contributed by atoms with van der Waals surface area (Å²) in [5, 5.41) is 19.6. The molecule has 0 aliphatic heterocycles. The van der Waals surface area contributed by atoms with Crippen LogP contribution in [0.3, 0.4) is 0 Å². The fourth-order valence-electron chi connectivity index (χ4n) is 1.58. The summed E-state index contributed by atoms with van der Waals surface area (Å²) in [6, 6.07) is 2.96. The number of phenols is 1. The highest BCUT2D eigenvalue weighted by Gasteiger charge is 2.18. The molecule has 0 bridgehead atoms. The summed E-state index contributed by atoms with van der Waals surface area (Å²) < 4.78 is 5.25. The number of nitrogens with zero attached hydrogens (tertiary/aromatic N) is 2. The first-order valence-electron chi connectivity index (χ1n) is 5.40. The Kier molecular flexibility index (Phi) is 3.57. The Morgan fingerprint density at radius 1 is 1.53 bits per heavy atom. The van der Waals surface area contributed by atoms with Crippen molar-refractivity contribution in [3.05, 3.63) is 22.8 Å². The van der Waals surface area contributed by atoms with Gasteiger partial charge in [0.15, 0.2) is 17.2 Å². The lowest BCUT2D eigenvalue weighted by Gasteiger charge is -2.09. The zero-order chi connectivity index (χ0) is 14.0. The number of benzene rings is 1. The Morgan fingerprint density at radius 3 is 2.89 bits per heavy atom. The van der Waals surface area contributed by atoms with Crippen molar-refractivity contribution in [3.8, 4) is 22.8 Å². The van der Waals surface area contributed by atoms with Gasteiger partial charge >= 0.3 is 0 Å². The van der Waals surface area contributed by atoms with Crippen LogP contribution in [0.1, 0.15) is 17.4 Å². The van der Waals surface area contributed by atoms with E-state index in [-0.39, 0.29) is 27.9 Å². The number of H-pyrrole nitrogens is 1. The van der Waals surface area contributed by atoms with Gasteiger partial charge in [0, 0.05) is 5.56 Å². The van der Waals surface area contributed by atoms with Gasteiger partial charge in [-0.1, -0.05) is 11.6 Å². The van der Waals surface area contributed by atoms with E-state index in [4.69, 9.17) is 22.1 Å². The molecule has 0 unspecified atom stereocenters. The number of aromatic amines is 1. The summed E-state index contributed by atoms with van der Waals surface area (Å²) in [7, 11) is 0. The Hall–Kier alpha value is -2.28. The molecule has 0 saturated heterocycles. The smallest absolute Gasteiger partial charge is 0.271 e. The van der Waals surface area contributed by atoms with Gasteiger partial charge in [-0.2, -0.15) is 15.4 Å². The first kappa shape index (κ1) is 13.2. The number of phenolic OH excluding ortho intramolecular Hbond substituents is 1. The highest BCUT2D eigenvalue weighted by molar-refractivity contribution is 6.32. The number of nitrogens with two attached hydrogens (primary N) is 1. The summed E-state index contributed by atoms with van der Waals surface area (Å²) >= 11 is 5.90. The summed E-state index contributed by atoms with van der Waals surface area (Å²) in [4.78, 5) is 11.2. The number of carbonyl (C=O) groups is 1. The molecule has 1 amide bonds. The molecule has 1 aromatic heterocycles. The summed E-state index contributed by atoms with van der Waals surface area (Å²) in [6.45, 7) is 2.12. The van der Waals surface area contributed by atoms with Gasteiger partial charge in [0.1, 0.15) is 5.69 Å². The number of ether oxygens (including phenoxy) is 1. The summed E-state index contributed by atoms with van der Waals surface area (Å²) in [6.07, 6.45) is 0. The molecule has 0 aliphatic rings. The van der Waals surface area contributed by atoms with Crippen molar-refractivity contribution in [2.75, 3.05) is 6.61 Å². The number of hydrogen-bond donors (Lipinski definition) is 3.